The zero-order valence-corrected chi connectivity index (χ0v) is 13.4. The fourth-order valence-electron chi connectivity index (χ4n) is 2.10. The molecule has 0 fully saturated rings. The molecule has 0 spiro atoms. The molecule has 112 valence electrons. The van der Waals surface area contributed by atoms with Crippen LogP contribution < -0.4 is 11.3 Å². The standard InChI is InChI=1S/C15H14BrClF2N2/c16-14-7-11(18)3-1-9(14)5-13(21-20)6-10-2-4-12(19)8-15(10)17/h1-4,7-8,13,21H,5-6,20H2. The van der Waals surface area contributed by atoms with E-state index in [1.807, 2.05) is 0 Å². The summed E-state index contributed by atoms with van der Waals surface area (Å²) in [5.74, 6) is 4.90. The SMILES string of the molecule is NNC(Cc1ccc(F)cc1Cl)Cc1ccc(F)cc1Br. The first-order chi connectivity index (χ1) is 9.99. The number of hydrogen-bond acceptors (Lipinski definition) is 2. The van der Waals surface area contributed by atoms with Crippen LogP contribution in [-0.4, -0.2) is 6.04 Å². The van der Waals surface area contributed by atoms with Crippen LogP contribution in [0, 0.1) is 11.6 Å². The van der Waals surface area contributed by atoms with E-state index in [1.165, 1.54) is 24.3 Å². The number of benzene rings is 2. The Bertz CT molecular complexity index is 584. The van der Waals surface area contributed by atoms with E-state index in [0.29, 0.717) is 22.3 Å². The zero-order chi connectivity index (χ0) is 15.4. The Labute approximate surface area is 135 Å². The van der Waals surface area contributed by atoms with Gasteiger partial charge in [-0.15, -0.1) is 0 Å². The molecule has 2 nitrogen and oxygen atoms in total. The lowest BCUT2D eigenvalue weighted by molar-refractivity contribution is 0.520. The molecule has 0 aliphatic heterocycles. The summed E-state index contributed by atoms with van der Waals surface area (Å²) < 4.78 is 26.8. The van der Waals surface area contributed by atoms with Gasteiger partial charge in [0, 0.05) is 15.5 Å². The number of hydrazine groups is 1. The quantitative estimate of drug-likeness (QED) is 0.612. The smallest absolute Gasteiger partial charge is 0.124 e. The van der Waals surface area contributed by atoms with Crippen LogP contribution in [0.25, 0.3) is 0 Å². The van der Waals surface area contributed by atoms with Crippen molar-refractivity contribution in [3.8, 4) is 0 Å². The summed E-state index contributed by atoms with van der Waals surface area (Å²) in [6, 6.07) is 8.69. The molecule has 0 bridgehead atoms. The van der Waals surface area contributed by atoms with E-state index in [2.05, 4.69) is 21.4 Å². The summed E-state index contributed by atoms with van der Waals surface area (Å²) in [5.41, 5.74) is 4.45. The highest BCUT2D eigenvalue weighted by Crippen LogP contribution is 2.23. The molecule has 0 aliphatic carbocycles. The number of nitrogens with two attached hydrogens (primary N) is 1. The van der Waals surface area contributed by atoms with Gasteiger partial charge in [0.05, 0.1) is 0 Å². The van der Waals surface area contributed by atoms with Gasteiger partial charge in [0.15, 0.2) is 0 Å². The molecule has 2 aromatic rings. The molecule has 1 atom stereocenters. The molecular formula is C15H14BrClF2N2. The van der Waals surface area contributed by atoms with Gasteiger partial charge < -0.3 is 0 Å². The molecule has 3 N–H and O–H groups in total. The van der Waals surface area contributed by atoms with Gasteiger partial charge in [-0.25, -0.2) is 8.78 Å². The van der Waals surface area contributed by atoms with E-state index < -0.39 is 0 Å². The Morgan fingerprint density at radius 2 is 1.62 bits per heavy atom. The summed E-state index contributed by atoms with van der Waals surface area (Å²) in [4.78, 5) is 0. The van der Waals surface area contributed by atoms with Gasteiger partial charge in [0.25, 0.3) is 0 Å². The minimum Gasteiger partial charge on any atom is -0.271 e. The Balaban J connectivity index is 2.13. The predicted molar refractivity (Wildman–Crippen MR) is 84.0 cm³/mol. The van der Waals surface area contributed by atoms with Crippen molar-refractivity contribution in [2.24, 2.45) is 5.84 Å². The number of nitrogens with one attached hydrogen (secondary N) is 1. The fourth-order valence-corrected chi connectivity index (χ4v) is 2.85. The first-order valence-electron chi connectivity index (χ1n) is 6.33. The molecule has 2 aromatic carbocycles. The molecule has 0 amide bonds. The summed E-state index contributed by atoms with van der Waals surface area (Å²) in [6.07, 6.45) is 1.13. The van der Waals surface area contributed by atoms with Gasteiger partial charge in [0.2, 0.25) is 0 Å². The third-order valence-electron chi connectivity index (χ3n) is 3.20. The second-order valence-electron chi connectivity index (χ2n) is 4.74. The highest BCUT2D eigenvalue weighted by atomic mass is 79.9. The largest absolute Gasteiger partial charge is 0.271 e. The van der Waals surface area contributed by atoms with Crippen LogP contribution in [0.15, 0.2) is 40.9 Å². The van der Waals surface area contributed by atoms with Crippen molar-refractivity contribution in [3.63, 3.8) is 0 Å². The summed E-state index contributed by atoms with van der Waals surface area (Å²) >= 11 is 9.35. The van der Waals surface area contributed by atoms with Gasteiger partial charge in [0.1, 0.15) is 11.6 Å². The van der Waals surface area contributed by atoms with Crippen molar-refractivity contribution >= 4 is 27.5 Å². The third kappa shape index (κ3) is 4.48. The van der Waals surface area contributed by atoms with Gasteiger partial charge in [-0.3, -0.25) is 11.3 Å². The average Bonchev–Trinajstić information content (AvgIpc) is 2.43. The van der Waals surface area contributed by atoms with E-state index in [9.17, 15) is 8.78 Å². The molecule has 6 heteroatoms. The molecule has 0 heterocycles. The Morgan fingerprint density at radius 3 is 2.19 bits per heavy atom. The van der Waals surface area contributed by atoms with E-state index in [-0.39, 0.29) is 17.7 Å². The van der Waals surface area contributed by atoms with E-state index in [0.717, 1.165) is 11.1 Å². The molecule has 21 heavy (non-hydrogen) atoms. The topological polar surface area (TPSA) is 38.0 Å². The van der Waals surface area contributed by atoms with Gasteiger partial charge in [-0.1, -0.05) is 39.7 Å². The number of halogens is 4. The molecular weight excluding hydrogens is 362 g/mol. The van der Waals surface area contributed by atoms with Gasteiger partial charge in [-0.2, -0.15) is 0 Å². The van der Waals surface area contributed by atoms with Gasteiger partial charge >= 0.3 is 0 Å². The van der Waals surface area contributed by atoms with Crippen LogP contribution in [0.5, 0.6) is 0 Å². The molecule has 0 radical (unpaired) electrons. The first-order valence-corrected chi connectivity index (χ1v) is 7.50. The van der Waals surface area contributed by atoms with Crippen LogP contribution >= 0.6 is 27.5 Å². The normalized spacial score (nSPS) is 12.4. The van der Waals surface area contributed by atoms with Crippen LogP contribution in [0.3, 0.4) is 0 Å². The predicted octanol–water partition coefficient (Wildman–Crippen LogP) is 4.00. The summed E-state index contributed by atoms with van der Waals surface area (Å²) in [7, 11) is 0. The fraction of sp³-hybridized carbons (Fsp3) is 0.200. The monoisotopic (exact) mass is 374 g/mol. The lowest BCUT2D eigenvalue weighted by Gasteiger charge is -2.17. The number of rotatable bonds is 5. The summed E-state index contributed by atoms with van der Waals surface area (Å²) in [6.45, 7) is 0. The molecule has 0 saturated heterocycles. The van der Waals surface area contributed by atoms with E-state index >= 15 is 0 Å². The van der Waals surface area contributed by atoms with Crippen molar-refractivity contribution in [2.45, 2.75) is 18.9 Å². The maximum Gasteiger partial charge on any atom is 0.124 e. The van der Waals surface area contributed by atoms with E-state index in [1.54, 1.807) is 12.1 Å². The Hall–Kier alpha value is -1.01. The third-order valence-corrected chi connectivity index (χ3v) is 4.29. The maximum atomic E-state index is 13.1. The maximum absolute atomic E-state index is 13.1. The lowest BCUT2D eigenvalue weighted by Crippen LogP contribution is -2.38. The van der Waals surface area contributed by atoms with Crippen LogP contribution in [0.2, 0.25) is 5.02 Å². The molecule has 1 unspecified atom stereocenters. The van der Waals surface area contributed by atoms with E-state index in [4.69, 9.17) is 17.4 Å². The molecule has 0 saturated carbocycles. The van der Waals surface area contributed by atoms with Crippen LogP contribution in [-0.2, 0) is 12.8 Å². The lowest BCUT2D eigenvalue weighted by atomic mass is 9.99. The summed E-state index contributed by atoms with van der Waals surface area (Å²) in [5, 5.41) is 0.369. The van der Waals surface area contributed by atoms with Crippen molar-refractivity contribution in [1.29, 1.82) is 0 Å². The molecule has 0 aromatic heterocycles. The van der Waals surface area contributed by atoms with Crippen molar-refractivity contribution in [2.75, 3.05) is 0 Å². The van der Waals surface area contributed by atoms with Crippen molar-refractivity contribution < 1.29 is 8.78 Å². The van der Waals surface area contributed by atoms with Crippen molar-refractivity contribution in [1.82, 2.24) is 5.43 Å². The molecule has 0 aliphatic rings. The van der Waals surface area contributed by atoms with Gasteiger partial charge in [-0.05, 0) is 48.2 Å². The zero-order valence-electron chi connectivity index (χ0n) is 11.0. The Kier molecular flexibility index (Phi) is 5.70. The average molecular weight is 376 g/mol. The number of hydrogen-bond donors (Lipinski definition) is 2. The minimum atomic E-state index is -0.373. The first kappa shape index (κ1) is 16.4. The second kappa shape index (κ2) is 7.31. The van der Waals surface area contributed by atoms with Crippen molar-refractivity contribution in [3.05, 3.63) is 68.7 Å². The van der Waals surface area contributed by atoms with Crippen LogP contribution in [0.1, 0.15) is 11.1 Å². The molecule has 2 rings (SSSR count). The Morgan fingerprint density at radius 1 is 1.05 bits per heavy atom. The highest BCUT2D eigenvalue weighted by Gasteiger charge is 2.13. The second-order valence-corrected chi connectivity index (χ2v) is 6.00. The van der Waals surface area contributed by atoms with Crippen LogP contribution in [0.4, 0.5) is 8.78 Å². The highest BCUT2D eigenvalue weighted by molar-refractivity contribution is 9.10. The minimum absolute atomic E-state index is 0.102.